The molecule has 4 aliphatic heterocycles. The average molecular weight is 508 g/mol. The number of aliphatic hydroxyl groups excluding tert-OH is 1. The Bertz CT molecular complexity index is 1120. The Morgan fingerprint density at radius 2 is 1.76 bits per heavy atom. The zero-order chi connectivity index (χ0) is 26.4. The maximum atomic E-state index is 14.4. The number of benzene rings is 1. The molecule has 0 radical (unpaired) electrons. The second-order valence-electron chi connectivity index (χ2n) is 10.9. The number of hydrogen-bond acceptors (Lipinski definition) is 5. The van der Waals surface area contributed by atoms with E-state index in [0.29, 0.717) is 26.1 Å². The molecule has 4 heterocycles. The number of amides is 3. The summed E-state index contributed by atoms with van der Waals surface area (Å²) < 4.78 is 6.80. The average Bonchev–Trinajstić information content (AvgIpc) is 3.17. The minimum absolute atomic E-state index is 0.167. The summed E-state index contributed by atoms with van der Waals surface area (Å²) in [5.74, 6) is -2.30. The highest BCUT2D eigenvalue weighted by Crippen LogP contribution is 2.57. The molecule has 0 aromatic heterocycles. The van der Waals surface area contributed by atoms with E-state index in [2.05, 4.69) is 6.92 Å². The number of unbranched alkanes of at least 4 members (excludes halogenated alkanes) is 1. The predicted octanol–water partition coefficient (Wildman–Crippen LogP) is 1.79. The van der Waals surface area contributed by atoms with Gasteiger partial charge in [-0.2, -0.15) is 0 Å². The van der Waals surface area contributed by atoms with Crippen LogP contribution < -0.4 is 0 Å². The second-order valence-corrected chi connectivity index (χ2v) is 10.9. The molecule has 37 heavy (non-hydrogen) atoms. The molecule has 0 aliphatic carbocycles. The predicted molar refractivity (Wildman–Crippen MR) is 138 cm³/mol. The standard InChI is InChI=1S/C29H37N3O5/c1-4-5-16-31-17-10-14-29-23(22-25(34)30(3)15-9-13-28(22,2)37-29)26(35)32(24(29)27(31)36)21(19-33)18-20-11-7-6-8-12-20/h6-14,21-24,33H,4-5,15-19H2,1-3H3/t21-,22-,23+,24?,28+,29+/m1/s1. The lowest BCUT2D eigenvalue weighted by Gasteiger charge is -2.40. The zero-order valence-corrected chi connectivity index (χ0v) is 21.9. The van der Waals surface area contributed by atoms with Crippen LogP contribution in [0.4, 0.5) is 0 Å². The number of likely N-dealkylation sites (N-methyl/N-ethyl adjacent to an activating group) is 1. The van der Waals surface area contributed by atoms with Gasteiger partial charge < -0.3 is 24.5 Å². The molecule has 8 nitrogen and oxygen atoms in total. The summed E-state index contributed by atoms with van der Waals surface area (Å²) in [4.78, 5) is 47.3. The van der Waals surface area contributed by atoms with Crippen LogP contribution in [-0.2, 0) is 25.5 Å². The maximum absolute atomic E-state index is 14.4. The third-order valence-corrected chi connectivity index (χ3v) is 8.48. The lowest BCUT2D eigenvalue weighted by molar-refractivity contribution is -0.155. The summed E-state index contributed by atoms with van der Waals surface area (Å²) >= 11 is 0. The van der Waals surface area contributed by atoms with Crippen LogP contribution in [0, 0.1) is 11.8 Å². The monoisotopic (exact) mass is 507 g/mol. The minimum Gasteiger partial charge on any atom is -0.394 e. The van der Waals surface area contributed by atoms with Crippen LogP contribution in [0.5, 0.6) is 0 Å². The van der Waals surface area contributed by atoms with E-state index >= 15 is 0 Å². The molecule has 1 spiro atoms. The van der Waals surface area contributed by atoms with Crippen LogP contribution >= 0.6 is 0 Å². The van der Waals surface area contributed by atoms with E-state index in [-0.39, 0.29) is 24.3 Å². The summed E-state index contributed by atoms with van der Waals surface area (Å²) in [6.45, 7) is 5.04. The fourth-order valence-corrected chi connectivity index (χ4v) is 6.71. The highest BCUT2D eigenvalue weighted by Gasteiger charge is 2.75. The van der Waals surface area contributed by atoms with Crippen LogP contribution in [0.3, 0.4) is 0 Å². The molecule has 2 saturated heterocycles. The van der Waals surface area contributed by atoms with Gasteiger partial charge in [0.1, 0.15) is 11.6 Å². The first-order valence-corrected chi connectivity index (χ1v) is 13.3. The molecule has 0 bridgehead atoms. The van der Waals surface area contributed by atoms with E-state index in [0.717, 1.165) is 18.4 Å². The number of ether oxygens (including phenoxy) is 1. The second kappa shape index (κ2) is 9.72. The summed E-state index contributed by atoms with van der Waals surface area (Å²) in [5.41, 5.74) is -1.36. The van der Waals surface area contributed by atoms with E-state index in [4.69, 9.17) is 4.74 Å². The summed E-state index contributed by atoms with van der Waals surface area (Å²) in [6, 6.07) is 8.05. The Kier molecular flexibility index (Phi) is 6.75. The minimum atomic E-state index is -1.29. The number of hydrogen-bond donors (Lipinski definition) is 1. The van der Waals surface area contributed by atoms with E-state index in [9.17, 15) is 19.5 Å². The van der Waals surface area contributed by atoms with Crippen molar-refractivity contribution in [3.8, 4) is 0 Å². The van der Waals surface area contributed by atoms with Crippen LogP contribution in [0.1, 0.15) is 32.3 Å². The summed E-state index contributed by atoms with van der Waals surface area (Å²) in [5, 5.41) is 10.5. The van der Waals surface area contributed by atoms with Crippen molar-refractivity contribution in [3.63, 3.8) is 0 Å². The first-order chi connectivity index (χ1) is 17.8. The van der Waals surface area contributed by atoms with Gasteiger partial charge in [-0.3, -0.25) is 14.4 Å². The van der Waals surface area contributed by atoms with Crippen molar-refractivity contribution in [2.75, 3.05) is 33.3 Å². The molecule has 5 rings (SSSR count). The number of fused-ring (bicyclic) bond motifs is 2. The Hall–Kier alpha value is -2.97. The van der Waals surface area contributed by atoms with Crippen LogP contribution in [0.25, 0.3) is 0 Å². The molecular formula is C29H37N3O5. The van der Waals surface area contributed by atoms with Gasteiger partial charge in [-0.05, 0) is 25.3 Å². The highest BCUT2D eigenvalue weighted by atomic mass is 16.5. The number of nitrogens with zero attached hydrogens (tertiary/aromatic N) is 3. The quantitative estimate of drug-likeness (QED) is 0.569. The topological polar surface area (TPSA) is 90.4 Å². The number of carbonyl (C=O) groups excluding carboxylic acids is 3. The number of aliphatic hydroxyl groups is 1. The lowest BCUT2D eigenvalue weighted by Crippen LogP contribution is -2.59. The van der Waals surface area contributed by atoms with Gasteiger partial charge in [0.25, 0.3) is 0 Å². The Morgan fingerprint density at radius 1 is 1.03 bits per heavy atom. The molecule has 1 aromatic rings. The fourth-order valence-electron chi connectivity index (χ4n) is 6.71. The number of rotatable bonds is 7. The molecule has 0 saturated carbocycles. The van der Waals surface area contributed by atoms with E-state index in [1.54, 1.807) is 21.7 Å². The van der Waals surface area contributed by atoms with Crippen molar-refractivity contribution in [2.24, 2.45) is 11.8 Å². The molecule has 1 N–H and O–H groups in total. The van der Waals surface area contributed by atoms with Gasteiger partial charge in [0, 0.05) is 26.7 Å². The molecular weight excluding hydrogens is 470 g/mol. The van der Waals surface area contributed by atoms with Gasteiger partial charge in [0.05, 0.1) is 30.1 Å². The van der Waals surface area contributed by atoms with Crippen molar-refractivity contribution >= 4 is 17.7 Å². The summed E-state index contributed by atoms with van der Waals surface area (Å²) in [6.07, 6.45) is 9.73. The van der Waals surface area contributed by atoms with Crippen LogP contribution in [0.15, 0.2) is 54.6 Å². The lowest BCUT2D eigenvalue weighted by atomic mass is 9.74. The Labute approximate surface area is 218 Å². The van der Waals surface area contributed by atoms with Crippen molar-refractivity contribution in [2.45, 2.75) is 56.4 Å². The van der Waals surface area contributed by atoms with Crippen molar-refractivity contribution in [1.82, 2.24) is 14.7 Å². The Balaban J connectivity index is 1.63. The van der Waals surface area contributed by atoms with E-state index < -0.39 is 35.1 Å². The van der Waals surface area contributed by atoms with Gasteiger partial charge >= 0.3 is 0 Å². The van der Waals surface area contributed by atoms with E-state index in [1.807, 2.05) is 61.6 Å². The smallest absolute Gasteiger partial charge is 0.249 e. The van der Waals surface area contributed by atoms with Gasteiger partial charge in [-0.25, -0.2) is 0 Å². The van der Waals surface area contributed by atoms with Crippen molar-refractivity contribution in [3.05, 3.63) is 60.2 Å². The normalized spacial score (nSPS) is 33.8. The first kappa shape index (κ1) is 25.7. The third-order valence-electron chi connectivity index (χ3n) is 8.48. The van der Waals surface area contributed by atoms with E-state index in [1.165, 1.54) is 0 Å². The third kappa shape index (κ3) is 4.01. The van der Waals surface area contributed by atoms with Gasteiger partial charge in [-0.1, -0.05) is 68.0 Å². The van der Waals surface area contributed by atoms with Crippen molar-refractivity contribution < 1.29 is 24.2 Å². The SMILES string of the molecule is CCCCN1CC=C[C@]23O[C@@]4(C)C=CCN(C)C(=O)[C@H]4[C@H]2C(=O)N([C@@H](CO)Cc2ccccc2)C3C1=O. The highest BCUT2D eigenvalue weighted by molar-refractivity contribution is 6.00. The molecule has 6 atom stereocenters. The maximum Gasteiger partial charge on any atom is 0.249 e. The summed E-state index contributed by atoms with van der Waals surface area (Å²) in [7, 11) is 1.73. The first-order valence-electron chi connectivity index (χ1n) is 13.3. The molecule has 8 heteroatoms. The molecule has 1 unspecified atom stereocenters. The molecule has 3 amide bonds. The molecule has 4 aliphatic rings. The van der Waals surface area contributed by atoms with Gasteiger partial charge in [-0.15, -0.1) is 0 Å². The molecule has 198 valence electrons. The molecule has 1 aromatic carbocycles. The molecule has 2 fully saturated rings. The van der Waals surface area contributed by atoms with Gasteiger partial charge in [0.15, 0.2) is 0 Å². The number of likely N-dealkylation sites (tertiary alicyclic amines) is 1. The van der Waals surface area contributed by atoms with Gasteiger partial charge in [0.2, 0.25) is 17.7 Å². The zero-order valence-electron chi connectivity index (χ0n) is 21.9. The van der Waals surface area contributed by atoms with Crippen LogP contribution in [-0.4, -0.2) is 94.1 Å². The fraction of sp³-hybridized carbons (Fsp3) is 0.552. The largest absolute Gasteiger partial charge is 0.394 e. The van der Waals surface area contributed by atoms with Crippen LogP contribution in [0.2, 0.25) is 0 Å². The number of carbonyl (C=O) groups is 3. The Morgan fingerprint density at radius 3 is 2.46 bits per heavy atom. The van der Waals surface area contributed by atoms with Crippen molar-refractivity contribution in [1.29, 1.82) is 0 Å².